The van der Waals surface area contributed by atoms with Crippen LogP contribution in [0.15, 0.2) is 35.8 Å². The van der Waals surface area contributed by atoms with Gasteiger partial charge in [-0.2, -0.15) is 0 Å². The van der Waals surface area contributed by atoms with Crippen LogP contribution >= 0.6 is 11.3 Å². The second kappa shape index (κ2) is 5.89. The molecule has 1 unspecified atom stereocenters. The molecule has 0 aliphatic carbocycles. The van der Waals surface area contributed by atoms with E-state index in [1.807, 2.05) is 22.4 Å². The van der Waals surface area contributed by atoms with Crippen LogP contribution in [0.5, 0.6) is 0 Å². The van der Waals surface area contributed by atoms with Gasteiger partial charge < -0.3 is 10.0 Å². The van der Waals surface area contributed by atoms with Gasteiger partial charge in [-0.1, -0.05) is 6.07 Å². The van der Waals surface area contributed by atoms with E-state index in [4.69, 9.17) is 0 Å². The number of nitrogens with zero attached hydrogens (tertiary/aromatic N) is 2. The molecule has 1 N–H and O–H groups in total. The van der Waals surface area contributed by atoms with Crippen LogP contribution in [0.25, 0.3) is 0 Å². The maximum Gasteiger partial charge on any atom is 0.165 e. The van der Waals surface area contributed by atoms with Gasteiger partial charge in [0.15, 0.2) is 11.6 Å². The largest absolute Gasteiger partial charge is 0.387 e. The maximum atomic E-state index is 13.7. The van der Waals surface area contributed by atoms with E-state index in [0.29, 0.717) is 5.82 Å². The van der Waals surface area contributed by atoms with Crippen LogP contribution in [0.4, 0.5) is 10.2 Å². The van der Waals surface area contributed by atoms with Gasteiger partial charge in [0.1, 0.15) is 0 Å². The smallest absolute Gasteiger partial charge is 0.165 e. The minimum absolute atomic E-state index is 0.247. The van der Waals surface area contributed by atoms with Crippen molar-refractivity contribution in [2.75, 3.05) is 18.0 Å². The Morgan fingerprint density at radius 2 is 2.10 bits per heavy atom. The number of hydrogen-bond donors (Lipinski definition) is 1. The third kappa shape index (κ3) is 2.69. The predicted octanol–water partition coefficient (Wildman–Crippen LogP) is 3.23. The fourth-order valence-corrected chi connectivity index (χ4v) is 3.53. The summed E-state index contributed by atoms with van der Waals surface area (Å²) in [4.78, 5) is 7.10. The average molecular weight is 292 g/mol. The summed E-state index contributed by atoms with van der Waals surface area (Å²) in [5, 5.41) is 12.3. The number of halogens is 1. The highest BCUT2D eigenvalue weighted by Gasteiger charge is 2.28. The van der Waals surface area contributed by atoms with Crippen LogP contribution in [0.3, 0.4) is 0 Å². The molecule has 0 amide bonds. The molecule has 1 atom stereocenters. The first-order valence-electron chi connectivity index (χ1n) is 6.82. The lowest BCUT2D eigenvalue weighted by Crippen LogP contribution is -2.36. The van der Waals surface area contributed by atoms with Crippen molar-refractivity contribution in [3.8, 4) is 0 Å². The Morgan fingerprint density at radius 1 is 1.30 bits per heavy atom. The number of rotatable bonds is 3. The monoisotopic (exact) mass is 292 g/mol. The number of thiophene rings is 1. The van der Waals surface area contributed by atoms with Crippen molar-refractivity contribution in [3.63, 3.8) is 0 Å². The van der Waals surface area contributed by atoms with Crippen LogP contribution in [-0.4, -0.2) is 23.2 Å². The van der Waals surface area contributed by atoms with Crippen molar-refractivity contribution < 1.29 is 9.50 Å². The molecule has 2 aromatic rings. The van der Waals surface area contributed by atoms with E-state index < -0.39 is 6.10 Å². The molecule has 20 heavy (non-hydrogen) atoms. The topological polar surface area (TPSA) is 36.4 Å². The summed E-state index contributed by atoms with van der Waals surface area (Å²) in [5.41, 5.74) is 0. The first-order valence-corrected chi connectivity index (χ1v) is 7.70. The van der Waals surface area contributed by atoms with Crippen molar-refractivity contribution >= 4 is 17.2 Å². The molecular weight excluding hydrogens is 275 g/mol. The average Bonchev–Trinajstić information content (AvgIpc) is 3.01. The van der Waals surface area contributed by atoms with Crippen molar-refractivity contribution in [2.24, 2.45) is 5.92 Å². The second-order valence-electron chi connectivity index (χ2n) is 5.09. The van der Waals surface area contributed by atoms with Crippen molar-refractivity contribution in [1.29, 1.82) is 0 Å². The minimum Gasteiger partial charge on any atom is -0.387 e. The summed E-state index contributed by atoms with van der Waals surface area (Å²) in [6.45, 7) is 1.47. The summed E-state index contributed by atoms with van der Waals surface area (Å²) < 4.78 is 13.7. The summed E-state index contributed by atoms with van der Waals surface area (Å²) in [6, 6.07) is 6.97. The number of piperidine rings is 1. The lowest BCUT2D eigenvalue weighted by Gasteiger charge is -2.34. The second-order valence-corrected chi connectivity index (χ2v) is 6.07. The molecule has 2 aromatic heterocycles. The van der Waals surface area contributed by atoms with Crippen LogP contribution in [-0.2, 0) is 0 Å². The molecule has 0 saturated carbocycles. The molecule has 0 spiro atoms. The van der Waals surface area contributed by atoms with Crippen LogP contribution in [0, 0.1) is 11.7 Å². The normalized spacial score (nSPS) is 18.2. The fourth-order valence-electron chi connectivity index (χ4n) is 2.73. The first kappa shape index (κ1) is 13.5. The van der Waals surface area contributed by atoms with E-state index in [-0.39, 0.29) is 11.7 Å². The number of hydrogen-bond acceptors (Lipinski definition) is 4. The highest BCUT2D eigenvalue weighted by Crippen LogP contribution is 2.34. The standard InChI is InChI=1S/C15H17FN2OS/c16-12-3-1-7-17-15(12)18-8-5-11(6-9-18)14(19)13-4-2-10-20-13/h1-4,7,10-11,14,19H,5-6,8-9H2. The summed E-state index contributed by atoms with van der Waals surface area (Å²) >= 11 is 1.59. The van der Waals surface area contributed by atoms with Gasteiger partial charge in [0.05, 0.1) is 6.10 Å². The number of aliphatic hydroxyl groups excluding tert-OH is 1. The van der Waals surface area contributed by atoms with E-state index in [1.54, 1.807) is 23.6 Å². The molecule has 0 radical (unpaired) electrons. The lowest BCUT2D eigenvalue weighted by molar-refractivity contribution is 0.0960. The van der Waals surface area contributed by atoms with Gasteiger partial charge in [0.25, 0.3) is 0 Å². The van der Waals surface area contributed by atoms with Crippen LogP contribution < -0.4 is 4.90 Å². The van der Waals surface area contributed by atoms with E-state index >= 15 is 0 Å². The number of aliphatic hydroxyl groups is 1. The Labute approximate surface area is 121 Å². The van der Waals surface area contributed by atoms with E-state index in [1.165, 1.54) is 6.07 Å². The molecular formula is C15H17FN2OS. The Bertz CT molecular complexity index is 553. The molecule has 0 bridgehead atoms. The minimum atomic E-state index is -0.397. The zero-order valence-corrected chi connectivity index (χ0v) is 11.9. The van der Waals surface area contributed by atoms with Crippen LogP contribution in [0.1, 0.15) is 23.8 Å². The van der Waals surface area contributed by atoms with Crippen molar-refractivity contribution in [3.05, 3.63) is 46.5 Å². The Balaban J connectivity index is 1.64. The van der Waals surface area contributed by atoms with Crippen molar-refractivity contribution in [2.45, 2.75) is 18.9 Å². The highest BCUT2D eigenvalue weighted by atomic mass is 32.1. The molecule has 1 saturated heterocycles. The van der Waals surface area contributed by atoms with Gasteiger partial charge in [-0.05, 0) is 42.3 Å². The van der Waals surface area contributed by atoms with Gasteiger partial charge in [-0.3, -0.25) is 0 Å². The lowest BCUT2D eigenvalue weighted by atomic mass is 9.90. The van der Waals surface area contributed by atoms with Gasteiger partial charge in [0, 0.05) is 24.2 Å². The zero-order chi connectivity index (χ0) is 13.9. The third-order valence-corrected chi connectivity index (χ3v) is 4.80. The Hall–Kier alpha value is -1.46. The van der Waals surface area contributed by atoms with Gasteiger partial charge in [-0.25, -0.2) is 9.37 Å². The third-order valence-electron chi connectivity index (χ3n) is 3.86. The molecule has 1 aliphatic rings. The summed E-state index contributed by atoms with van der Waals surface area (Å²) in [7, 11) is 0. The van der Waals surface area contributed by atoms with Gasteiger partial charge >= 0.3 is 0 Å². The quantitative estimate of drug-likeness (QED) is 0.943. The molecule has 1 fully saturated rings. The number of anilines is 1. The van der Waals surface area contributed by atoms with E-state index in [0.717, 1.165) is 30.8 Å². The van der Waals surface area contributed by atoms with Gasteiger partial charge in [0.2, 0.25) is 0 Å². The molecule has 5 heteroatoms. The Kier molecular flexibility index (Phi) is 3.98. The van der Waals surface area contributed by atoms with Crippen molar-refractivity contribution in [1.82, 2.24) is 4.98 Å². The molecule has 106 valence electrons. The Morgan fingerprint density at radius 3 is 2.75 bits per heavy atom. The number of aromatic nitrogens is 1. The molecule has 1 aliphatic heterocycles. The molecule has 3 heterocycles. The molecule has 3 nitrogen and oxygen atoms in total. The summed E-state index contributed by atoms with van der Waals surface area (Å²) in [5.74, 6) is 0.401. The maximum absolute atomic E-state index is 13.7. The number of pyridine rings is 1. The van der Waals surface area contributed by atoms with Gasteiger partial charge in [-0.15, -0.1) is 11.3 Å². The van der Waals surface area contributed by atoms with E-state index in [9.17, 15) is 9.50 Å². The first-order chi connectivity index (χ1) is 9.75. The predicted molar refractivity (Wildman–Crippen MR) is 78.4 cm³/mol. The SMILES string of the molecule is OC(c1cccs1)C1CCN(c2ncccc2F)CC1. The fraction of sp³-hybridized carbons (Fsp3) is 0.400. The molecule has 0 aromatic carbocycles. The molecule has 3 rings (SSSR count). The zero-order valence-electron chi connectivity index (χ0n) is 11.1. The highest BCUT2D eigenvalue weighted by molar-refractivity contribution is 7.10. The van der Waals surface area contributed by atoms with E-state index in [2.05, 4.69) is 4.98 Å². The summed E-state index contributed by atoms with van der Waals surface area (Å²) in [6.07, 6.45) is 2.93. The van der Waals surface area contributed by atoms with Crippen LogP contribution in [0.2, 0.25) is 0 Å².